The highest BCUT2D eigenvalue weighted by Crippen LogP contribution is 2.33. The molecule has 0 unspecified atom stereocenters. The maximum atomic E-state index is 7.37. The standard InChI is InChI=1S/C28H28N10O/c1-17-16-39-11-10-36(17)25-13-23(26-18(2)35-38(19(26)3)21-12-20(29-4)14-31-15-21)33-28(34-25)37-24-9-7-6-8-22(24)32-27(37)30-5/h6-9,12-15,17H,10-11,16H2,1-3,5H3,(H,30,32)/t17-/m1/s1. The Morgan fingerprint density at radius 1 is 1.10 bits per heavy atom. The van der Waals surface area contributed by atoms with Crippen molar-refractivity contribution in [2.45, 2.75) is 26.8 Å². The van der Waals surface area contributed by atoms with Crippen molar-refractivity contribution in [2.24, 2.45) is 0 Å². The highest BCUT2D eigenvalue weighted by Gasteiger charge is 2.25. The fourth-order valence-corrected chi connectivity index (χ4v) is 5.12. The minimum atomic E-state index is 0.157. The zero-order chi connectivity index (χ0) is 27.1. The first-order chi connectivity index (χ1) is 19.0. The number of hydrogen-bond acceptors (Lipinski definition) is 8. The molecule has 1 N–H and O–H groups in total. The Hall–Kier alpha value is -4.82. The maximum absolute atomic E-state index is 7.37. The number of morpholine rings is 1. The van der Waals surface area contributed by atoms with E-state index in [1.165, 1.54) is 0 Å². The number of anilines is 2. The van der Waals surface area contributed by atoms with Crippen molar-refractivity contribution in [3.05, 3.63) is 71.6 Å². The Kier molecular flexibility index (Phi) is 6.17. The molecular formula is C28H28N10O. The van der Waals surface area contributed by atoms with E-state index >= 15 is 0 Å². The van der Waals surface area contributed by atoms with Crippen LogP contribution in [-0.2, 0) is 4.74 Å². The van der Waals surface area contributed by atoms with Gasteiger partial charge in [-0.05, 0) is 39.0 Å². The van der Waals surface area contributed by atoms with Gasteiger partial charge in [0.15, 0.2) is 0 Å². The van der Waals surface area contributed by atoms with Gasteiger partial charge in [0.25, 0.3) is 0 Å². The van der Waals surface area contributed by atoms with E-state index in [0.29, 0.717) is 30.8 Å². The average Bonchev–Trinajstić information content (AvgIpc) is 3.49. The Balaban J connectivity index is 1.58. The third-order valence-corrected chi connectivity index (χ3v) is 6.98. The number of nitrogens with one attached hydrogen (secondary N) is 1. The van der Waals surface area contributed by atoms with E-state index in [1.54, 1.807) is 18.5 Å². The largest absolute Gasteiger partial charge is 0.377 e. The van der Waals surface area contributed by atoms with Gasteiger partial charge in [0.1, 0.15) is 5.82 Å². The topological polar surface area (TPSA) is 103 Å². The molecule has 6 rings (SSSR count). The molecule has 1 aliphatic rings. The lowest BCUT2D eigenvalue weighted by molar-refractivity contribution is 0.0985. The summed E-state index contributed by atoms with van der Waals surface area (Å²) in [6.07, 6.45) is 3.26. The van der Waals surface area contributed by atoms with E-state index in [-0.39, 0.29) is 6.04 Å². The third-order valence-electron chi connectivity index (χ3n) is 6.98. The smallest absolute Gasteiger partial charge is 0.239 e. The van der Waals surface area contributed by atoms with Crippen LogP contribution in [-0.4, -0.2) is 67.1 Å². The van der Waals surface area contributed by atoms with E-state index in [1.807, 2.05) is 60.5 Å². The number of rotatable bonds is 5. The van der Waals surface area contributed by atoms with Crippen LogP contribution in [0.25, 0.3) is 38.8 Å². The van der Waals surface area contributed by atoms with Crippen LogP contribution in [0, 0.1) is 20.4 Å². The minimum Gasteiger partial charge on any atom is -0.377 e. The molecule has 1 fully saturated rings. The van der Waals surface area contributed by atoms with Gasteiger partial charge >= 0.3 is 0 Å². The fraction of sp³-hybridized carbons (Fsp3) is 0.286. The zero-order valence-corrected chi connectivity index (χ0v) is 22.3. The molecule has 0 radical (unpaired) electrons. The van der Waals surface area contributed by atoms with E-state index in [0.717, 1.165) is 51.7 Å². The van der Waals surface area contributed by atoms with Crippen molar-refractivity contribution in [2.75, 3.05) is 37.0 Å². The number of benzene rings is 1. The second-order valence-electron chi connectivity index (χ2n) is 9.51. The molecule has 0 amide bonds. The molecule has 11 heteroatoms. The first-order valence-corrected chi connectivity index (χ1v) is 12.8. The Morgan fingerprint density at radius 2 is 1.95 bits per heavy atom. The summed E-state index contributed by atoms with van der Waals surface area (Å²) in [6.45, 7) is 15.5. The van der Waals surface area contributed by atoms with Gasteiger partial charge in [-0.25, -0.2) is 24.1 Å². The Labute approximate surface area is 225 Å². The number of fused-ring (bicyclic) bond motifs is 1. The van der Waals surface area contributed by atoms with Gasteiger partial charge in [-0.2, -0.15) is 10.1 Å². The van der Waals surface area contributed by atoms with E-state index in [9.17, 15) is 0 Å². The summed E-state index contributed by atoms with van der Waals surface area (Å²) in [5.74, 6) is 1.98. The first-order valence-electron chi connectivity index (χ1n) is 12.8. The monoisotopic (exact) mass is 520 g/mol. The van der Waals surface area contributed by atoms with Gasteiger partial charge in [-0.1, -0.05) is 12.1 Å². The predicted molar refractivity (Wildman–Crippen MR) is 150 cm³/mol. The Morgan fingerprint density at radius 3 is 2.74 bits per heavy atom. The maximum Gasteiger partial charge on any atom is 0.239 e. The number of nitrogens with zero attached hydrogens (tertiary/aromatic N) is 9. The average molecular weight is 521 g/mol. The summed E-state index contributed by atoms with van der Waals surface area (Å²) >= 11 is 0. The molecule has 196 valence electrons. The summed E-state index contributed by atoms with van der Waals surface area (Å²) in [6, 6.07) is 11.9. The van der Waals surface area contributed by atoms with Crippen LogP contribution in [0.4, 0.5) is 17.5 Å². The van der Waals surface area contributed by atoms with Crippen molar-refractivity contribution in [1.82, 2.24) is 34.3 Å². The highest BCUT2D eigenvalue weighted by molar-refractivity contribution is 5.81. The molecule has 39 heavy (non-hydrogen) atoms. The number of aryl methyl sites for hydroxylation is 1. The number of aromatic nitrogens is 7. The van der Waals surface area contributed by atoms with E-state index < -0.39 is 0 Å². The molecule has 1 atom stereocenters. The Bertz CT molecular complexity index is 1730. The summed E-state index contributed by atoms with van der Waals surface area (Å²) in [5, 5.41) is 8.01. The lowest BCUT2D eigenvalue weighted by atomic mass is 10.1. The van der Waals surface area contributed by atoms with Crippen LogP contribution < -0.4 is 10.2 Å². The summed E-state index contributed by atoms with van der Waals surface area (Å²) in [4.78, 5) is 24.9. The predicted octanol–water partition coefficient (Wildman–Crippen LogP) is 4.50. The highest BCUT2D eigenvalue weighted by atomic mass is 16.5. The summed E-state index contributed by atoms with van der Waals surface area (Å²) in [5.41, 5.74) is 6.32. The number of imidazole rings is 1. The molecule has 11 nitrogen and oxygen atoms in total. The first kappa shape index (κ1) is 24.5. The van der Waals surface area contributed by atoms with Gasteiger partial charge in [-0.3, -0.25) is 4.98 Å². The number of para-hydroxylation sites is 2. The van der Waals surface area contributed by atoms with Crippen molar-refractivity contribution in [1.29, 1.82) is 0 Å². The molecule has 0 saturated carbocycles. The molecule has 0 aliphatic carbocycles. The van der Waals surface area contributed by atoms with Crippen LogP contribution in [0.2, 0.25) is 0 Å². The molecule has 1 aromatic carbocycles. The molecule has 0 bridgehead atoms. The molecule has 1 saturated heterocycles. The van der Waals surface area contributed by atoms with Gasteiger partial charge in [0.2, 0.25) is 17.6 Å². The number of pyridine rings is 1. The molecule has 0 spiro atoms. The van der Waals surface area contributed by atoms with Crippen LogP contribution >= 0.6 is 0 Å². The minimum absolute atomic E-state index is 0.157. The molecule has 5 heterocycles. The molecule has 5 aromatic rings. The number of hydrogen-bond donors (Lipinski definition) is 1. The molecule has 4 aromatic heterocycles. The summed E-state index contributed by atoms with van der Waals surface area (Å²) < 4.78 is 9.47. The second kappa shape index (κ2) is 9.81. The summed E-state index contributed by atoms with van der Waals surface area (Å²) in [7, 11) is 1.84. The fourth-order valence-electron chi connectivity index (χ4n) is 5.12. The van der Waals surface area contributed by atoms with E-state index in [2.05, 4.69) is 27.0 Å². The lowest BCUT2D eigenvalue weighted by Gasteiger charge is -2.34. The zero-order valence-electron chi connectivity index (χ0n) is 22.3. The molecular weight excluding hydrogens is 492 g/mol. The van der Waals surface area contributed by atoms with Crippen molar-refractivity contribution in [3.8, 4) is 22.9 Å². The normalized spacial score (nSPS) is 15.5. The van der Waals surface area contributed by atoms with Gasteiger partial charge in [0.05, 0.1) is 59.6 Å². The van der Waals surface area contributed by atoms with Crippen LogP contribution in [0.3, 0.4) is 0 Å². The third kappa shape index (κ3) is 4.24. The quantitative estimate of drug-likeness (QED) is 0.338. The molecule has 1 aliphatic heterocycles. The van der Waals surface area contributed by atoms with Crippen LogP contribution in [0.5, 0.6) is 0 Å². The van der Waals surface area contributed by atoms with Gasteiger partial charge in [-0.15, -0.1) is 0 Å². The van der Waals surface area contributed by atoms with Crippen LogP contribution in [0.1, 0.15) is 18.3 Å². The van der Waals surface area contributed by atoms with Crippen molar-refractivity contribution >= 4 is 28.5 Å². The van der Waals surface area contributed by atoms with E-state index in [4.69, 9.17) is 31.4 Å². The number of ether oxygens (including phenoxy) is 1. The second-order valence-corrected chi connectivity index (χ2v) is 9.51. The van der Waals surface area contributed by atoms with Crippen molar-refractivity contribution < 1.29 is 4.74 Å². The van der Waals surface area contributed by atoms with Gasteiger partial charge in [0, 0.05) is 37.6 Å². The SMILES string of the molecule is [C-]#[N+]c1cncc(-n2nc(C)c(-c3cc(N4CCOC[C@H]4C)nc(-n4c(NC)nc5ccccc54)n3)c2C)c1. The van der Waals surface area contributed by atoms with Crippen molar-refractivity contribution in [3.63, 3.8) is 0 Å². The lowest BCUT2D eigenvalue weighted by Crippen LogP contribution is -2.44. The van der Waals surface area contributed by atoms with Gasteiger partial charge < -0.3 is 15.0 Å². The van der Waals surface area contributed by atoms with Crippen LogP contribution in [0.15, 0.2) is 48.8 Å².